The van der Waals surface area contributed by atoms with Crippen molar-refractivity contribution < 1.29 is 18.5 Å². The second kappa shape index (κ2) is 13.9. The highest BCUT2D eigenvalue weighted by molar-refractivity contribution is 7.84. The van der Waals surface area contributed by atoms with Gasteiger partial charge in [-0.3, -0.25) is 4.98 Å². The van der Waals surface area contributed by atoms with Crippen LogP contribution in [0.25, 0.3) is 0 Å². The molecule has 2 aromatic carbocycles. The van der Waals surface area contributed by atoms with Crippen LogP contribution in [-0.2, 0) is 40.1 Å². The molecule has 0 aliphatic heterocycles. The molecule has 0 spiro atoms. The first-order chi connectivity index (χ1) is 17.3. The number of nitrogens with zero attached hydrogens (tertiary/aromatic N) is 1. The Labute approximate surface area is 216 Å². The molecule has 8 heteroatoms. The summed E-state index contributed by atoms with van der Waals surface area (Å²) in [5.74, 6) is 0. The van der Waals surface area contributed by atoms with Crippen LogP contribution in [0.1, 0.15) is 37.6 Å². The Kier molecular flexibility index (Phi) is 10.6. The molecule has 0 aliphatic carbocycles. The van der Waals surface area contributed by atoms with Gasteiger partial charge in [-0.15, -0.1) is 0 Å². The van der Waals surface area contributed by atoms with Crippen molar-refractivity contribution >= 4 is 17.1 Å². The minimum absolute atomic E-state index is 0.149. The van der Waals surface area contributed by atoms with Crippen LogP contribution in [0.3, 0.4) is 0 Å². The standard InChI is InChI=1S/C28H35N3O4S/c1-28(2,3)36(33)31-25(18-24-16-10-11-17-29-24)26(21-34-19-22-12-6-4-7-13-22)30-27(32)35-20-23-14-8-5-9-15-23/h4-17,25-26,31H,18-21H2,1-3H3,(H,30,32)/t25?,26-,36-/m1/s1. The van der Waals surface area contributed by atoms with Gasteiger partial charge < -0.3 is 14.8 Å². The zero-order chi connectivity index (χ0) is 25.8. The molecule has 3 rings (SSSR count). The van der Waals surface area contributed by atoms with Gasteiger partial charge in [-0.2, -0.15) is 0 Å². The second-order valence-corrected chi connectivity index (χ2v) is 11.4. The van der Waals surface area contributed by atoms with E-state index < -0.39 is 33.9 Å². The van der Waals surface area contributed by atoms with Crippen LogP contribution in [0.4, 0.5) is 4.79 Å². The van der Waals surface area contributed by atoms with Gasteiger partial charge in [0.15, 0.2) is 0 Å². The second-order valence-electron chi connectivity index (χ2n) is 9.44. The Bertz CT molecular complexity index is 1080. The Balaban J connectivity index is 1.75. The quantitative estimate of drug-likeness (QED) is 0.374. The lowest BCUT2D eigenvalue weighted by Gasteiger charge is -2.30. The summed E-state index contributed by atoms with van der Waals surface area (Å²) in [6, 6.07) is 24.0. The zero-order valence-electron chi connectivity index (χ0n) is 21.1. The molecule has 3 atom stereocenters. The van der Waals surface area contributed by atoms with Gasteiger partial charge in [0.2, 0.25) is 0 Å². The molecule has 1 heterocycles. The smallest absolute Gasteiger partial charge is 0.407 e. The van der Waals surface area contributed by atoms with Crippen molar-refractivity contribution in [2.75, 3.05) is 6.61 Å². The largest absolute Gasteiger partial charge is 0.445 e. The number of hydrogen-bond acceptors (Lipinski definition) is 5. The lowest BCUT2D eigenvalue weighted by atomic mass is 10.0. The Morgan fingerprint density at radius 1 is 0.889 bits per heavy atom. The maximum Gasteiger partial charge on any atom is 0.407 e. The Morgan fingerprint density at radius 2 is 1.50 bits per heavy atom. The summed E-state index contributed by atoms with van der Waals surface area (Å²) in [5.41, 5.74) is 2.73. The molecule has 0 bridgehead atoms. The SMILES string of the molecule is CC(C)(C)[S@@](=O)NC(Cc1ccccn1)[C@@H](COCc1ccccc1)NC(=O)OCc1ccccc1. The van der Waals surface area contributed by atoms with E-state index in [-0.39, 0.29) is 13.2 Å². The zero-order valence-corrected chi connectivity index (χ0v) is 21.9. The van der Waals surface area contributed by atoms with Crippen LogP contribution in [0, 0.1) is 0 Å². The van der Waals surface area contributed by atoms with Gasteiger partial charge >= 0.3 is 6.09 Å². The summed E-state index contributed by atoms with van der Waals surface area (Å²) >= 11 is 0. The van der Waals surface area contributed by atoms with Crippen molar-refractivity contribution in [3.63, 3.8) is 0 Å². The summed E-state index contributed by atoms with van der Waals surface area (Å²) in [5, 5.41) is 2.94. The minimum Gasteiger partial charge on any atom is -0.445 e. The van der Waals surface area contributed by atoms with Gasteiger partial charge in [0.1, 0.15) is 6.61 Å². The maximum atomic E-state index is 13.1. The summed E-state index contributed by atoms with van der Waals surface area (Å²) in [7, 11) is -1.38. The molecule has 0 fully saturated rings. The lowest BCUT2D eigenvalue weighted by molar-refractivity contribution is 0.0807. The number of alkyl carbamates (subject to hydrolysis) is 1. The van der Waals surface area contributed by atoms with Crippen molar-refractivity contribution in [1.82, 2.24) is 15.0 Å². The van der Waals surface area contributed by atoms with Crippen molar-refractivity contribution in [3.05, 3.63) is 102 Å². The fraction of sp³-hybridized carbons (Fsp3) is 0.357. The van der Waals surface area contributed by atoms with E-state index in [9.17, 15) is 9.00 Å². The van der Waals surface area contributed by atoms with E-state index >= 15 is 0 Å². The van der Waals surface area contributed by atoms with Crippen molar-refractivity contribution in [3.8, 4) is 0 Å². The molecule has 0 saturated heterocycles. The Hall–Kier alpha value is -3.07. The predicted octanol–water partition coefficient (Wildman–Crippen LogP) is 4.56. The highest BCUT2D eigenvalue weighted by Gasteiger charge is 2.30. The lowest BCUT2D eigenvalue weighted by Crippen LogP contribution is -2.55. The average molecular weight is 510 g/mol. The number of carbonyl (C=O) groups excluding carboxylic acids is 1. The van der Waals surface area contributed by atoms with Gasteiger partial charge in [0.25, 0.3) is 0 Å². The fourth-order valence-electron chi connectivity index (χ4n) is 3.38. The van der Waals surface area contributed by atoms with Crippen LogP contribution in [-0.4, -0.2) is 38.7 Å². The van der Waals surface area contributed by atoms with Gasteiger partial charge in [-0.05, 0) is 44.0 Å². The summed E-state index contributed by atoms with van der Waals surface area (Å²) < 4.78 is 27.2. The topological polar surface area (TPSA) is 89.5 Å². The molecule has 0 aliphatic rings. The first kappa shape index (κ1) is 27.5. The van der Waals surface area contributed by atoms with Crippen LogP contribution in [0.15, 0.2) is 85.1 Å². The number of pyridine rings is 1. The van der Waals surface area contributed by atoms with Crippen LogP contribution in [0.5, 0.6) is 0 Å². The number of ether oxygens (including phenoxy) is 2. The molecule has 36 heavy (non-hydrogen) atoms. The van der Waals surface area contributed by atoms with Crippen molar-refractivity contribution in [1.29, 1.82) is 0 Å². The van der Waals surface area contributed by atoms with E-state index in [1.165, 1.54) is 0 Å². The number of aromatic nitrogens is 1. The molecule has 1 unspecified atom stereocenters. The highest BCUT2D eigenvalue weighted by atomic mass is 32.2. The summed E-state index contributed by atoms with van der Waals surface area (Å²) in [4.78, 5) is 17.2. The van der Waals surface area contributed by atoms with E-state index in [2.05, 4.69) is 15.0 Å². The third-order valence-electron chi connectivity index (χ3n) is 5.38. The Morgan fingerprint density at radius 3 is 2.08 bits per heavy atom. The molecule has 1 aromatic heterocycles. The number of rotatable bonds is 12. The van der Waals surface area contributed by atoms with Crippen LogP contribution >= 0.6 is 0 Å². The first-order valence-corrected chi connectivity index (χ1v) is 13.1. The predicted molar refractivity (Wildman–Crippen MR) is 142 cm³/mol. The van der Waals surface area contributed by atoms with E-state index in [1.807, 2.05) is 99.6 Å². The van der Waals surface area contributed by atoms with Gasteiger partial charge in [-0.25, -0.2) is 13.7 Å². The van der Waals surface area contributed by atoms with Crippen LogP contribution < -0.4 is 10.0 Å². The molecule has 2 N–H and O–H groups in total. The molecule has 3 aromatic rings. The molecule has 0 saturated carbocycles. The van der Waals surface area contributed by atoms with Gasteiger partial charge in [0.05, 0.1) is 35.0 Å². The van der Waals surface area contributed by atoms with E-state index in [0.717, 1.165) is 16.8 Å². The molecular weight excluding hydrogens is 474 g/mol. The first-order valence-electron chi connectivity index (χ1n) is 12.0. The molecule has 7 nitrogen and oxygen atoms in total. The molecule has 0 radical (unpaired) electrons. The van der Waals surface area contributed by atoms with E-state index in [4.69, 9.17) is 9.47 Å². The van der Waals surface area contributed by atoms with Crippen molar-refractivity contribution in [2.24, 2.45) is 0 Å². The maximum absolute atomic E-state index is 13.1. The summed E-state index contributed by atoms with van der Waals surface area (Å²) in [6.07, 6.45) is 1.60. The summed E-state index contributed by atoms with van der Waals surface area (Å²) in [6.45, 7) is 6.43. The van der Waals surface area contributed by atoms with Crippen LogP contribution in [0.2, 0.25) is 0 Å². The van der Waals surface area contributed by atoms with Gasteiger partial charge in [0, 0.05) is 24.4 Å². The minimum atomic E-state index is -1.38. The molecule has 192 valence electrons. The number of benzene rings is 2. The average Bonchev–Trinajstić information content (AvgIpc) is 2.88. The number of carbonyl (C=O) groups is 1. The third kappa shape index (κ3) is 9.53. The fourth-order valence-corrected chi connectivity index (χ4v) is 4.25. The number of nitrogens with one attached hydrogen (secondary N) is 2. The number of amides is 1. The normalized spacial score (nSPS) is 14.0. The third-order valence-corrected chi connectivity index (χ3v) is 7.01. The highest BCUT2D eigenvalue weighted by Crippen LogP contribution is 2.14. The van der Waals surface area contributed by atoms with E-state index in [1.54, 1.807) is 6.20 Å². The number of hydrogen-bond donors (Lipinski definition) is 2. The monoisotopic (exact) mass is 509 g/mol. The molecule has 1 amide bonds. The van der Waals surface area contributed by atoms with Gasteiger partial charge in [-0.1, -0.05) is 66.7 Å². The van der Waals surface area contributed by atoms with E-state index in [0.29, 0.717) is 13.0 Å². The van der Waals surface area contributed by atoms with Crippen molar-refractivity contribution in [2.45, 2.75) is 57.2 Å². The molecular formula is C28H35N3O4S.